The van der Waals surface area contributed by atoms with E-state index in [2.05, 4.69) is 214 Å². The summed E-state index contributed by atoms with van der Waals surface area (Å²) in [6, 6.07) is 72.4. The molecule has 13 rings (SSSR count). The maximum Gasteiger partial charge on any atom is 0.145 e. The van der Waals surface area contributed by atoms with Crippen LogP contribution in [0.1, 0.15) is 0 Å². The van der Waals surface area contributed by atoms with Crippen molar-refractivity contribution in [3.63, 3.8) is 0 Å². The molecule has 0 saturated carbocycles. The summed E-state index contributed by atoms with van der Waals surface area (Å²) < 4.78 is 14.0. The number of aromatic nitrogens is 3. The Bertz CT molecular complexity index is 3730. The Morgan fingerprint density at radius 2 is 0.776 bits per heavy atom. The molecule has 0 atom stereocenters. The van der Waals surface area contributed by atoms with Crippen molar-refractivity contribution < 1.29 is 4.42 Å². The number of nitrogens with zero attached hydrogens (tertiary/aromatic N) is 3. The topological polar surface area (TPSA) is 27.9 Å². The van der Waals surface area contributed by atoms with Gasteiger partial charge in [0.25, 0.3) is 0 Å². The van der Waals surface area contributed by atoms with Crippen molar-refractivity contribution in [1.82, 2.24) is 13.7 Å². The summed E-state index contributed by atoms with van der Waals surface area (Å²) in [7, 11) is 0. The van der Waals surface area contributed by atoms with Crippen LogP contribution in [0.15, 0.2) is 205 Å². The van der Waals surface area contributed by atoms with Crippen molar-refractivity contribution in [2.24, 2.45) is 0 Å². The van der Waals surface area contributed by atoms with E-state index in [9.17, 15) is 0 Å². The highest BCUT2D eigenvalue weighted by Gasteiger charge is 2.24. The molecule has 0 aliphatic heterocycles. The molecule has 4 aromatic heterocycles. The molecule has 0 fully saturated rings. The molecule has 270 valence electrons. The minimum atomic E-state index is 0.893. The van der Waals surface area contributed by atoms with Gasteiger partial charge in [-0.2, -0.15) is 0 Å². The van der Waals surface area contributed by atoms with E-state index in [0.29, 0.717) is 0 Å². The Morgan fingerprint density at radius 1 is 0.310 bits per heavy atom. The number of hydrogen-bond acceptors (Lipinski definition) is 1. The normalized spacial score (nSPS) is 12.1. The summed E-state index contributed by atoms with van der Waals surface area (Å²) in [5, 5.41) is 9.50. The molecule has 0 spiro atoms. The van der Waals surface area contributed by atoms with Gasteiger partial charge in [0.05, 0.1) is 38.5 Å². The predicted octanol–water partition coefficient (Wildman–Crippen LogP) is 14.5. The van der Waals surface area contributed by atoms with E-state index in [0.717, 1.165) is 71.9 Å². The third kappa shape index (κ3) is 4.29. The third-order valence-corrected chi connectivity index (χ3v) is 12.2. The van der Waals surface area contributed by atoms with Crippen LogP contribution < -0.4 is 0 Å². The number of fused-ring (bicyclic) bond motifs is 13. The van der Waals surface area contributed by atoms with Gasteiger partial charge < -0.3 is 18.1 Å². The molecular weight excluding hydrogens is 707 g/mol. The van der Waals surface area contributed by atoms with Crippen LogP contribution >= 0.6 is 0 Å². The summed E-state index contributed by atoms with van der Waals surface area (Å²) in [5.41, 5.74) is 14.5. The summed E-state index contributed by atoms with van der Waals surface area (Å²) in [5.74, 6) is 0. The van der Waals surface area contributed by atoms with Gasteiger partial charge in [-0.3, -0.25) is 0 Å². The highest BCUT2D eigenvalue weighted by atomic mass is 16.3. The average molecular weight is 740 g/mol. The van der Waals surface area contributed by atoms with Crippen LogP contribution in [0.2, 0.25) is 0 Å². The molecule has 13 aromatic rings. The molecule has 0 saturated heterocycles. The number of hydrogen-bond donors (Lipinski definition) is 0. The van der Waals surface area contributed by atoms with Gasteiger partial charge >= 0.3 is 0 Å². The zero-order valence-electron chi connectivity index (χ0n) is 31.3. The van der Waals surface area contributed by atoms with E-state index in [1.165, 1.54) is 43.6 Å². The zero-order chi connectivity index (χ0) is 37.9. The lowest BCUT2D eigenvalue weighted by Gasteiger charge is -2.14. The summed E-state index contributed by atoms with van der Waals surface area (Å²) >= 11 is 0. The first kappa shape index (κ1) is 31.4. The number of benzene rings is 9. The van der Waals surface area contributed by atoms with Crippen LogP contribution in [-0.4, -0.2) is 13.7 Å². The molecule has 0 radical (unpaired) electrons. The Hall–Kier alpha value is -7.82. The first-order valence-corrected chi connectivity index (χ1v) is 19.9. The Labute approximate surface area is 332 Å². The highest BCUT2D eigenvalue weighted by Crippen LogP contribution is 2.46. The fraction of sp³-hybridized carbons (Fsp3) is 0. The molecule has 0 aliphatic carbocycles. The van der Waals surface area contributed by atoms with E-state index in [-0.39, 0.29) is 0 Å². The van der Waals surface area contributed by atoms with Gasteiger partial charge in [0, 0.05) is 60.3 Å². The Balaban J connectivity index is 1.11. The van der Waals surface area contributed by atoms with Gasteiger partial charge in [-0.25, -0.2) is 0 Å². The molecular formula is C54H33N3O. The van der Waals surface area contributed by atoms with Crippen molar-refractivity contribution in [3.8, 4) is 28.2 Å². The lowest BCUT2D eigenvalue weighted by atomic mass is 9.97. The zero-order valence-corrected chi connectivity index (χ0v) is 31.3. The lowest BCUT2D eigenvalue weighted by Crippen LogP contribution is -1.98. The van der Waals surface area contributed by atoms with Crippen molar-refractivity contribution >= 4 is 87.4 Å². The molecule has 9 aromatic carbocycles. The highest BCUT2D eigenvalue weighted by molar-refractivity contribution is 6.27. The smallest absolute Gasteiger partial charge is 0.145 e. The molecule has 0 amide bonds. The van der Waals surface area contributed by atoms with E-state index < -0.39 is 0 Å². The third-order valence-electron chi connectivity index (χ3n) is 12.2. The second-order valence-corrected chi connectivity index (χ2v) is 15.3. The minimum absolute atomic E-state index is 0.893. The molecule has 58 heavy (non-hydrogen) atoms. The van der Waals surface area contributed by atoms with Gasteiger partial charge in [0.2, 0.25) is 0 Å². The van der Waals surface area contributed by atoms with E-state index in [1.54, 1.807) is 0 Å². The molecule has 0 N–H and O–H groups in total. The maximum absolute atomic E-state index is 6.82. The quantitative estimate of drug-likeness (QED) is 0.177. The van der Waals surface area contributed by atoms with Crippen molar-refractivity contribution in [2.75, 3.05) is 0 Å². The molecule has 4 heteroatoms. The number of furan rings is 1. The van der Waals surface area contributed by atoms with Gasteiger partial charge in [0.15, 0.2) is 0 Å². The average Bonchev–Trinajstić information content (AvgIpc) is 4.03. The van der Waals surface area contributed by atoms with Crippen LogP contribution in [0.5, 0.6) is 0 Å². The van der Waals surface area contributed by atoms with Gasteiger partial charge in [-0.1, -0.05) is 115 Å². The van der Waals surface area contributed by atoms with E-state index in [4.69, 9.17) is 4.42 Å². The van der Waals surface area contributed by atoms with E-state index in [1.807, 2.05) is 0 Å². The van der Waals surface area contributed by atoms with Gasteiger partial charge in [-0.05, 0) is 90.5 Å². The summed E-state index contributed by atoms with van der Waals surface area (Å²) in [6.45, 7) is 0. The lowest BCUT2D eigenvalue weighted by molar-refractivity contribution is 0.673. The standard InChI is InChI=1S/C54H33N3O/c1-2-14-35(15-3-1)55-48-23-11-6-18-40(48)44-32-34(26-31-50(44)55)43-33-45-41-19-8-13-25-51(41)58-54(45)52-42-20-7-12-24-49(42)57(53(43)52)37-29-27-36(28-30-37)56-46-21-9-4-16-38(46)39-17-5-10-22-47(39)56/h1-33H. The Kier molecular flexibility index (Phi) is 6.41. The monoisotopic (exact) mass is 739 g/mol. The maximum atomic E-state index is 6.82. The largest absolute Gasteiger partial charge is 0.455 e. The Morgan fingerprint density at radius 3 is 1.41 bits per heavy atom. The molecule has 4 heterocycles. The van der Waals surface area contributed by atoms with E-state index >= 15 is 0 Å². The predicted molar refractivity (Wildman–Crippen MR) is 242 cm³/mol. The summed E-state index contributed by atoms with van der Waals surface area (Å²) in [4.78, 5) is 0. The first-order valence-electron chi connectivity index (χ1n) is 19.9. The minimum Gasteiger partial charge on any atom is -0.455 e. The summed E-state index contributed by atoms with van der Waals surface area (Å²) in [6.07, 6.45) is 0. The molecule has 0 bridgehead atoms. The second kappa shape index (κ2) is 11.8. The van der Waals surface area contributed by atoms with Crippen molar-refractivity contribution in [3.05, 3.63) is 200 Å². The van der Waals surface area contributed by atoms with Crippen LogP contribution in [0.3, 0.4) is 0 Å². The fourth-order valence-electron chi connectivity index (χ4n) is 9.77. The second-order valence-electron chi connectivity index (χ2n) is 15.3. The van der Waals surface area contributed by atoms with Crippen LogP contribution in [0.4, 0.5) is 0 Å². The molecule has 4 nitrogen and oxygen atoms in total. The van der Waals surface area contributed by atoms with Crippen molar-refractivity contribution in [2.45, 2.75) is 0 Å². The first-order chi connectivity index (χ1) is 28.8. The van der Waals surface area contributed by atoms with Crippen LogP contribution in [0, 0.1) is 0 Å². The number of para-hydroxylation sites is 6. The van der Waals surface area contributed by atoms with Gasteiger partial charge in [-0.15, -0.1) is 0 Å². The van der Waals surface area contributed by atoms with Gasteiger partial charge in [0.1, 0.15) is 11.2 Å². The van der Waals surface area contributed by atoms with Crippen molar-refractivity contribution in [1.29, 1.82) is 0 Å². The molecule has 0 unspecified atom stereocenters. The fourth-order valence-corrected chi connectivity index (χ4v) is 9.77. The number of rotatable bonds is 4. The van der Waals surface area contributed by atoms with Crippen LogP contribution in [-0.2, 0) is 0 Å². The van der Waals surface area contributed by atoms with Crippen LogP contribution in [0.25, 0.3) is 116 Å². The SMILES string of the molecule is c1ccc(-n2c3ccccc3c3cc(-c4cc5c6ccccc6oc5c5c6ccccc6n(-c6ccc(-n7c8ccccc8c8ccccc87)cc6)c45)ccc32)cc1. The molecule has 0 aliphatic rings.